The molecule has 156 valence electrons. The Morgan fingerprint density at radius 3 is 2.52 bits per heavy atom. The topological polar surface area (TPSA) is 62.1 Å². The molecule has 0 spiro atoms. The van der Waals surface area contributed by atoms with Crippen molar-refractivity contribution in [3.8, 4) is 11.8 Å². The summed E-state index contributed by atoms with van der Waals surface area (Å²) in [5.41, 5.74) is 1.90. The Labute approximate surface area is 208 Å². The number of amides is 1. The van der Waals surface area contributed by atoms with Crippen molar-refractivity contribution in [2.45, 2.75) is 6.61 Å². The van der Waals surface area contributed by atoms with E-state index in [1.54, 1.807) is 48.5 Å². The van der Waals surface area contributed by atoms with Crippen LogP contribution in [0.15, 0.2) is 66.2 Å². The number of carbonyl (C=O) groups excluding carboxylic acids is 1. The number of carbonyl (C=O) groups is 1. The molecule has 1 N–H and O–H groups in total. The van der Waals surface area contributed by atoms with Gasteiger partial charge in [-0.25, -0.2) is 0 Å². The van der Waals surface area contributed by atoms with Crippen LogP contribution in [-0.4, -0.2) is 5.91 Å². The van der Waals surface area contributed by atoms with Crippen molar-refractivity contribution < 1.29 is 9.53 Å². The lowest BCUT2D eigenvalue weighted by atomic mass is 10.1. The maximum absolute atomic E-state index is 12.5. The van der Waals surface area contributed by atoms with Crippen LogP contribution in [0, 0.1) is 14.9 Å². The van der Waals surface area contributed by atoms with Gasteiger partial charge in [0, 0.05) is 15.6 Å². The van der Waals surface area contributed by atoms with Crippen LogP contribution >= 0.6 is 57.4 Å². The maximum atomic E-state index is 12.5. The van der Waals surface area contributed by atoms with E-state index >= 15 is 0 Å². The number of benzene rings is 3. The van der Waals surface area contributed by atoms with Gasteiger partial charge in [0.1, 0.15) is 24.0 Å². The van der Waals surface area contributed by atoms with Crippen LogP contribution < -0.4 is 10.1 Å². The number of anilines is 1. The summed E-state index contributed by atoms with van der Waals surface area (Å²) in [6, 6.07) is 19.3. The molecule has 0 saturated heterocycles. The van der Waals surface area contributed by atoms with E-state index in [4.69, 9.17) is 39.5 Å². The Hall–Kier alpha value is -2.24. The SMILES string of the molecule is N#C/C(=C\c1ccc(OCc2ccc(Cl)cc2Cl)c(I)c1)C(=O)Nc1ccccc1Cl. The molecule has 3 aromatic carbocycles. The van der Waals surface area contributed by atoms with E-state index in [1.807, 2.05) is 18.2 Å². The number of nitrogens with zero attached hydrogens (tertiary/aromatic N) is 1. The molecule has 4 nitrogen and oxygen atoms in total. The van der Waals surface area contributed by atoms with Crippen molar-refractivity contribution in [3.05, 3.63) is 96.0 Å². The van der Waals surface area contributed by atoms with Crippen LogP contribution in [0.25, 0.3) is 6.08 Å². The zero-order valence-corrected chi connectivity index (χ0v) is 20.3. The Kier molecular flexibility index (Phi) is 8.22. The first-order valence-electron chi connectivity index (χ1n) is 8.91. The van der Waals surface area contributed by atoms with Gasteiger partial charge in [-0.1, -0.05) is 59.1 Å². The third-order valence-corrected chi connectivity index (χ3v) is 5.91. The van der Waals surface area contributed by atoms with Crippen molar-refractivity contribution in [1.82, 2.24) is 0 Å². The number of para-hydroxylation sites is 1. The molecule has 1 amide bonds. The minimum absolute atomic E-state index is 0.0441. The molecule has 0 fully saturated rings. The zero-order valence-electron chi connectivity index (χ0n) is 15.8. The fraction of sp³-hybridized carbons (Fsp3) is 0.0435. The van der Waals surface area contributed by atoms with Gasteiger partial charge in [-0.3, -0.25) is 4.79 Å². The quantitative estimate of drug-likeness (QED) is 0.187. The average Bonchev–Trinajstić information content (AvgIpc) is 2.74. The van der Waals surface area contributed by atoms with Crippen LogP contribution in [0.1, 0.15) is 11.1 Å². The molecule has 0 aliphatic rings. The summed E-state index contributed by atoms with van der Waals surface area (Å²) < 4.78 is 6.67. The third-order valence-electron chi connectivity index (χ3n) is 4.15. The Morgan fingerprint density at radius 1 is 1.06 bits per heavy atom. The molecule has 0 saturated carbocycles. The minimum atomic E-state index is -0.539. The van der Waals surface area contributed by atoms with Crippen LogP contribution in [-0.2, 0) is 11.4 Å². The second-order valence-electron chi connectivity index (χ2n) is 6.32. The largest absolute Gasteiger partial charge is 0.488 e. The highest BCUT2D eigenvalue weighted by Crippen LogP contribution is 2.27. The summed E-state index contributed by atoms with van der Waals surface area (Å²) in [4.78, 5) is 12.5. The fourth-order valence-electron chi connectivity index (χ4n) is 2.59. The fourth-order valence-corrected chi connectivity index (χ4v) is 3.93. The van der Waals surface area contributed by atoms with Gasteiger partial charge in [0.2, 0.25) is 0 Å². The van der Waals surface area contributed by atoms with Gasteiger partial charge in [-0.2, -0.15) is 5.26 Å². The molecule has 3 aromatic rings. The lowest BCUT2D eigenvalue weighted by molar-refractivity contribution is -0.112. The predicted octanol–water partition coefficient (Wildman–Crippen LogP) is 7.38. The molecule has 0 unspecified atom stereocenters. The van der Waals surface area contributed by atoms with E-state index in [0.717, 1.165) is 9.13 Å². The second-order valence-corrected chi connectivity index (χ2v) is 8.73. The van der Waals surface area contributed by atoms with Crippen molar-refractivity contribution in [1.29, 1.82) is 5.26 Å². The standard InChI is InChI=1S/C23H14Cl3IN2O2/c24-17-7-6-15(19(26)11-17)13-31-22-8-5-14(10-20(22)27)9-16(12-28)23(30)29-21-4-2-1-3-18(21)25/h1-11H,13H2,(H,29,30)/b16-9+. The van der Waals surface area contributed by atoms with Crippen LogP contribution in [0.3, 0.4) is 0 Å². The van der Waals surface area contributed by atoms with Gasteiger partial charge in [-0.05, 0) is 70.6 Å². The average molecular weight is 584 g/mol. The lowest BCUT2D eigenvalue weighted by Crippen LogP contribution is -2.13. The first-order valence-corrected chi connectivity index (χ1v) is 11.1. The maximum Gasteiger partial charge on any atom is 0.266 e. The summed E-state index contributed by atoms with van der Waals surface area (Å²) in [6.45, 7) is 0.283. The van der Waals surface area contributed by atoms with Crippen LogP contribution in [0.4, 0.5) is 5.69 Å². The molecule has 3 rings (SSSR count). The second kappa shape index (κ2) is 10.9. The molecular formula is C23H14Cl3IN2O2. The molecule has 0 heterocycles. The number of ether oxygens (including phenoxy) is 1. The van der Waals surface area contributed by atoms with Gasteiger partial charge in [0.25, 0.3) is 5.91 Å². The summed E-state index contributed by atoms with van der Waals surface area (Å²) >= 11 is 20.3. The summed E-state index contributed by atoms with van der Waals surface area (Å²) in [7, 11) is 0. The lowest BCUT2D eigenvalue weighted by Gasteiger charge is -2.10. The highest BCUT2D eigenvalue weighted by atomic mass is 127. The molecule has 0 atom stereocenters. The van der Waals surface area contributed by atoms with Crippen molar-refractivity contribution in [3.63, 3.8) is 0 Å². The molecule has 0 aliphatic carbocycles. The monoisotopic (exact) mass is 582 g/mol. The smallest absolute Gasteiger partial charge is 0.266 e. The van der Waals surface area contributed by atoms with Gasteiger partial charge in [-0.15, -0.1) is 0 Å². The van der Waals surface area contributed by atoms with Gasteiger partial charge >= 0.3 is 0 Å². The van der Waals surface area contributed by atoms with Crippen LogP contribution in [0.2, 0.25) is 15.1 Å². The van der Waals surface area contributed by atoms with Crippen molar-refractivity contribution >= 4 is 75.1 Å². The van der Waals surface area contributed by atoms with E-state index in [-0.39, 0.29) is 12.2 Å². The van der Waals surface area contributed by atoms with Crippen molar-refractivity contribution in [2.24, 2.45) is 0 Å². The van der Waals surface area contributed by atoms with Gasteiger partial charge in [0.05, 0.1) is 14.3 Å². The first-order chi connectivity index (χ1) is 14.9. The van der Waals surface area contributed by atoms with Crippen molar-refractivity contribution in [2.75, 3.05) is 5.32 Å². The molecule has 0 radical (unpaired) electrons. The Bertz CT molecular complexity index is 1210. The highest BCUT2D eigenvalue weighted by molar-refractivity contribution is 14.1. The number of rotatable bonds is 6. The molecule has 0 aliphatic heterocycles. The number of nitrogens with one attached hydrogen (secondary N) is 1. The molecular weight excluding hydrogens is 570 g/mol. The summed E-state index contributed by atoms with van der Waals surface area (Å²) in [5, 5.41) is 13.6. The molecule has 31 heavy (non-hydrogen) atoms. The molecule has 0 bridgehead atoms. The normalized spacial score (nSPS) is 11.0. The van der Waals surface area contributed by atoms with E-state index in [9.17, 15) is 10.1 Å². The number of halogens is 4. The predicted molar refractivity (Wildman–Crippen MR) is 134 cm³/mol. The Morgan fingerprint density at radius 2 is 1.84 bits per heavy atom. The van der Waals surface area contributed by atoms with E-state index < -0.39 is 5.91 Å². The third kappa shape index (κ3) is 6.37. The van der Waals surface area contributed by atoms with Gasteiger partial charge in [0.15, 0.2) is 0 Å². The first kappa shape index (κ1) is 23.4. The molecule has 0 aromatic heterocycles. The van der Waals surface area contributed by atoms with Crippen LogP contribution in [0.5, 0.6) is 5.75 Å². The Balaban J connectivity index is 1.73. The highest BCUT2D eigenvalue weighted by Gasteiger charge is 2.12. The number of nitriles is 1. The molecule has 8 heteroatoms. The van der Waals surface area contributed by atoms with Gasteiger partial charge < -0.3 is 10.1 Å². The minimum Gasteiger partial charge on any atom is -0.488 e. The number of hydrogen-bond acceptors (Lipinski definition) is 3. The van der Waals surface area contributed by atoms with E-state index in [0.29, 0.717) is 32.1 Å². The zero-order chi connectivity index (χ0) is 22.4. The van der Waals surface area contributed by atoms with E-state index in [1.165, 1.54) is 6.08 Å². The van der Waals surface area contributed by atoms with E-state index in [2.05, 4.69) is 27.9 Å². The number of hydrogen-bond donors (Lipinski definition) is 1. The summed E-state index contributed by atoms with van der Waals surface area (Å²) in [5.74, 6) is 0.117. The summed E-state index contributed by atoms with van der Waals surface area (Å²) in [6.07, 6.45) is 1.51.